The van der Waals surface area contributed by atoms with Crippen LogP contribution in [0.2, 0.25) is 0 Å². The average Bonchev–Trinajstić information content (AvgIpc) is 2.89. The number of benzene rings is 1. The molecule has 1 saturated carbocycles. The van der Waals surface area contributed by atoms with Crippen molar-refractivity contribution in [3.8, 4) is 0 Å². The number of hydrogen-bond acceptors (Lipinski definition) is 1. The van der Waals surface area contributed by atoms with E-state index in [1.54, 1.807) is 0 Å². The van der Waals surface area contributed by atoms with Gasteiger partial charge in [0.05, 0.1) is 0 Å². The molecule has 1 nitrogen and oxygen atoms in total. The van der Waals surface area contributed by atoms with Gasteiger partial charge in [-0.3, -0.25) is 0 Å². The summed E-state index contributed by atoms with van der Waals surface area (Å²) < 4.78 is 1.13. The largest absolute Gasteiger partial charge is 0.368 e. The maximum Gasteiger partial charge on any atom is 0.0485 e. The normalized spacial score (nSPS) is 16.3. The summed E-state index contributed by atoms with van der Waals surface area (Å²) in [4.78, 5) is 2.60. The molecular formula is C16H23BrClN. The topological polar surface area (TPSA) is 3.24 Å². The number of alkyl halides is 1. The van der Waals surface area contributed by atoms with E-state index in [2.05, 4.69) is 52.9 Å². The molecule has 19 heavy (non-hydrogen) atoms. The molecule has 1 aliphatic rings. The van der Waals surface area contributed by atoms with Gasteiger partial charge < -0.3 is 4.90 Å². The standard InChI is InChI=1S/C16H23BrClN/c1-12(2)11-19(14-5-3-4-6-14)15-8-7-13(10-18)16(17)9-15/h7-9,12,14H,3-6,10-11H2,1-2H3. The van der Waals surface area contributed by atoms with E-state index >= 15 is 0 Å². The van der Waals surface area contributed by atoms with Crippen LogP contribution < -0.4 is 4.90 Å². The molecular weight excluding hydrogens is 322 g/mol. The van der Waals surface area contributed by atoms with Crippen LogP contribution in [0.4, 0.5) is 5.69 Å². The fourth-order valence-corrected chi connectivity index (χ4v) is 3.80. The second-order valence-electron chi connectivity index (χ2n) is 5.89. The third-order valence-electron chi connectivity index (χ3n) is 3.84. The molecule has 3 heteroatoms. The van der Waals surface area contributed by atoms with Crippen LogP contribution in [0.5, 0.6) is 0 Å². The minimum atomic E-state index is 0.564. The Morgan fingerprint density at radius 3 is 2.53 bits per heavy atom. The zero-order chi connectivity index (χ0) is 13.8. The van der Waals surface area contributed by atoms with Crippen LogP contribution in [0.25, 0.3) is 0 Å². The van der Waals surface area contributed by atoms with Gasteiger partial charge in [0.1, 0.15) is 0 Å². The maximum atomic E-state index is 5.93. The number of rotatable bonds is 5. The molecule has 0 spiro atoms. The molecule has 1 fully saturated rings. The lowest BCUT2D eigenvalue weighted by atomic mass is 10.1. The van der Waals surface area contributed by atoms with Gasteiger partial charge in [0.2, 0.25) is 0 Å². The smallest absolute Gasteiger partial charge is 0.0485 e. The number of nitrogens with zero attached hydrogens (tertiary/aromatic N) is 1. The molecule has 0 unspecified atom stereocenters. The minimum Gasteiger partial charge on any atom is -0.368 e. The third kappa shape index (κ3) is 3.88. The molecule has 0 saturated heterocycles. The highest BCUT2D eigenvalue weighted by Crippen LogP contribution is 2.32. The number of hydrogen-bond donors (Lipinski definition) is 0. The van der Waals surface area contributed by atoms with Gasteiger partial charge >= 0.3 is 0 Å². The fraction of sp³-hybridized carbons (Fsp3) is 0.625. The molecule has 0 aliphatic heterocycles. The highest BCUT2D eigenvalue weighted by molar-refractivity contribution is 9.10. The van der Waals surface area contributed by atoms with Crippen molar-refractivity contribution < 1.29 is 0 Å². The Morgan fingerprint density at radius 2 is 2.00 bits per heavy atom. The lowest BCUT2D eigenvalue weighted by molar-refractivity contribution is 0.536. The van der Waals surface area contributed by atoms with Crippen LogP contribution in [0.3, 0.4) is 0 Å². The average molecular weight is 345 g/mol. The summed E-state index contributed by atoms with van der Waals surface area (Å²) in [6, 6.07) is 7.33. The van der Waals surface area contributed by atoms with E-state index in [9.17, 15) is 0 Å². The zero-order valence-corrected chi connectivity index (χ0v) is 14.2. The van der Waals surface area contributed by atoms with E-state index in [0.717, 1.165) is 17.1 Å². The first-order chi connectivity index (χ1) is 9.11. The first-order valence-corrected chi connectivity index (χ1v) is 8.55. The first-order valence-electron chi connectivity index (χ1n) is 7.23. The number of halogens is 2. The van der Waals surface area contributed by atoms with Crippen LogP contribution in [0.1, 0.15) is 45.1 Å². The van der Waals surface area contributed by atoms with Gasteiger partial charge in [0, 0.05) is 28.6 Å². The van der Waals surface area contributed by atoms with Crippen molar-refractivity contribution >= 4 is 33.2 Å². The molecule has 1 aliphatic carbocycles. The van der Waals surface area contributed by atoms with Crippen LogP contribution in [0.15, 0.2) is 22.7 Å². The second-order valence-corrected chi connectivity index (χ2v) is 7.02. The summed E-state index contributed by atoms with van der Waals surface area (Å²) in [5.41, 5.74) is 2.50. The van der Waals surface area contributed by atoms with Crippen LogP contribution >= 0.6 is 27.5 Å². The Kier molecular flexibility index (Phi) is 5.58. The molecule has 1 aromatic carbocycles. The Balaban J connectivity index is 2.23. The summed E-state index contributed by atoms with van der Waals surface area (Å²) in [7, 11) is 0. The SMILES string of the molecule is CC(C)CN(c1ccc(CCl)c(Br)c1)C1CCCC1. The predicted octanol–water partition coefficient (Wildman–Crippen LogP) is 5.59. The van der Waals surface area contributed by atoms with Gasteiger partial charge in [-0.1, -0.05) is 48.7 Å². The zero-order valence-electron chi connectivity index (χ0n) is 11.8. The van der Waals surface area contributed by atoms with Crippen molar-refractivity contribution in [1.29, 1.82) is 0 Å². The van der Waals surface area contributed by atoms with Crippen molar-refractivity contribution in [2.75, 3.05) is 11.4 Å². The molecule has 0 atom stereocenters. The summed E-state index contributed by atoms with van der Waals surface area (Å²) >= 11 is 9.57. The van der Waals surface area contributed by atoms with Crippen LogP contribution in [-0.2, 0) is 5.88 Å². The van der Waals surface area contributed by atoms with E-state index in [-0.39, 0.29) is 0 Å². The van der Waals surface area contributed by atoms with Gasteiger partial charge in [0.25, 0.3) is 0 Å². The maximum absolute atomic E-state index is 5.93. The Hall–Kier alpha value is -0.210. The van der Waals surface area contributed by atoms with Gasteiger partial charge in [0.15, 0.2) is 0 Å². The monoisotopic (exact) mass is 343 g/mol. The van der Waals surface area contributed by atoms with E-state index in [4.69, 9.17) is 11.6 Å². The van der Waals surface area contributed by atoms with Crippen molar-refractivity contribution in [3.63, 3.8) is 0 Å². The quantitative estimate of drug-likeness (QED) is 0.629. The lowest BCUT2D eigenvalue weighted by Gasteiger charge is -2.33. The van der Waals surface area contributed by atoms with Crippen molar-refractivity contribution in [3.05, 3.63) is 28.2 Å². The van der Waals surface area contributed by atoms with Crippen LogP contribution in [0, 0.1) is 5.92 Å². The molecule has 106 valence electrons. The van der Waals surface area contributed by atoms with Crippen LogP contribution in [-0.4, -0.2) is 12.6 Å². The first kappa shape index (κ1) is 15.2. The predicted molar refractivity (Wildman–Crippen MR) is 88.1 cm³/mol. The summed E-state index contributed by atoms with van der Waals surface area (Å²) in [6.45, 7) is 5.73. The molecule has 0 N–H and O–H groups in total. The van der Waals surface area contributed by atoms with Gasteiger partial charge in [-0.05, 0) is 36.5 Å². The lowest BCUT2D eigenvalue weighted by Crippen LogP contribution is -2.36. The summed E-state index contributed by atoms with van der Waals surface area (Å²) in [5.74, 6) is 1.25. The molecule has 0 aromatic heterocycles. The van der Waals surface area contributed by atoms with E-state index < -0.39 is 0 Å². The summed E-state index contributed by atoms with van der Waals surface area (Å²) in [5, 5.41) is 0. The van der Waals surface area contributed by atoms with Gasteiger partial charge in [-0.15, -0.1) is 11.6 Å². The molecule has 2 rings (SSSR count). The molecule has 0 amide bonds. The van der Waals surface area contributed by atoms with Crippen molar-refractivity contribution in [2.24, 2.45) is 5.92 Å². The van der Waals surface area contributed by atoms with Crippen molar-refractivity contribution in [1.82, 2.24) is 0 Å². The van der Waals surface area contributed by atoms with Crippen molar-refractivity contribution in [2.45, 2.75) is 51.5 Å². The van der Waals surface area contributed by atoms with E-state index in [0.29, 0.717) is 11.8 Å². The second kappa shape index (κ2) is 6.99. The Bertz CT molecular complexity index is 413. The third-order valence-corrected chi connectivity index (χ3v) is 4.87. The molecule has 0 radical (unpaired) electrons. The Morgan fingerprint density at radius 1 is 1.32 bits per heavy atom. The van der Waals surface area contributed by atoms with E-state index in [1.807, 2.05) is 0 Å². The molecule has 1 aromatic rings. The molecule has 0 heterocycles. The highest BCUT2D eigenvalue weighted by atomic mass is 79.9. The Labute approximate surface area is 130 Å². The highest BCUT2D eigenvalue weighted by Gasteiger charge is 2.23. The van der Waals surface area contributed by atoms with Gasteiger partial charge in [-0.25, -0.2) is 0 Å². The fourth-order valence-electron chi connectivity index (χ4n) is 2.90. The summed E-state index contributed by atoms with van der Waals surface area (Å²) in [6.07, 6.45) is 5.42. The molecule has 0 bridgehead atoms. The van der Waals surface area contributed by atoms with Gasteiger partial charge in [-0.2, -0.15) is 0 Å². The number of anilines is 1. The minimum absolute atomic E-state index is 0.564. The van der Waals surface area contributed by atoms with E-state index in [1.165, 1.54) is 36.9 Å².